The van der Waals surface area contributed by atoms with Crippen molar-refractivity contribution in [1.82, 2.24) is 5.32 Å². The molecule has 0 aliphatic heterocycles. The fourth-order valence-corrected chi connectivity index (χ4v) is 1.90. The molecule has 0 amide bonds. The molecule has 0 spiro atoms. The molecule has 1 N–H and O–H groups in total. The number of benzene rings is 1. The third-order valence-corrected chi connectivity index (χ3v) is 3.37. The summed E-state index contributed by atoms with van der Waals surface area (Å²) in [6, 6.07) is 10.2. The van der Waals surface area contributed by atoms with Crippen LogP contribution in [-0.4, -0.2) is 19.6 Å². The van der Waals surface area contributed by atoms with Gasteiger partial charge >= 0.3 is 0 Å². The molecule has 2 rings (SSSR count). The first-order chi connectivity index (χ1) is 7.70. The minimum Gasteiger partial charge on any atom is -0.375 e. The maximum absolute atomic E-state index is 3.62. The van der Waals surface area contributed by atoms with Gasteiger partial charge in [-0.25, -0.2) is 0 Å². The summed E-state index contributed by atoms with van der Waals surface area (Å²) in [6.07, 6.45) is 2.70. The molecular weight excluding hydrogens is 196 g/mol. The number of hydrogen-bond acceptors (Lipinski definition) is 2. The maximum Gasteiger partial charge on any atom is 0.0363 e. The molecule has 0 aromatic heterocycles. The standard InChI is InChI=1S/C14H22N2/c1-4-16(3)14-9-5-12(6-10-14)11(2)15-13-7-8-13/h5-6,9-11,13,15H,4,7-8H2,1-3H3. The van der Waals surface area contributed by atoms with Crippen molar-refractivity contribution < 1.29 is 0 Å². The Balaban J connectivity index is 1.99. The molecule has 1 saturated carbocycles. The van der Waals surface area contributed by atoms with E-state index < -0.39 is 0 Å². The summed E-state index contributed by atoms with van der Waals surface area (Å²) >= 11 is 0. The van der Waals surface area contributed by atoms with E-state index in [9.17, 15) is 0 Å². The molecule has 0 radical (unpaired) electrons. The lowest BCUT2D eigenvalue weighted by atomic mass is 10.1. The molecule has 2 heteroatoms. The van der Waals surface area contributed by atoms with E-state index in [1.54, 1.807) is 0 Å². The molecule has 88 valence electrons. The van der Waals surface area contributed by atoms with Crippen LogP contribution in [-0.2, 0) is 0 Å². The molecular formula is C14H22N2. The highest BCUT2D eigenvalue weighted by atomic mass is 15.1. The van der Waals surface area contributed by atoms with E-state index in [4.69, 9.17) is 0 Å². The normalized spacial score (nSPS) is 17.2. The van der Waals surface area contributed by atoms with Gasteiger partial charge in [-0.05, 0) is 44.4 Å². The highest BCUT2D eigenvalue weighted by Gasteiger charge is 2.23. The Bertz CT molecular complexity index is 327. The number of anilines is 1. The largest absolute Gasteiger partial charge is 0.375 e. The third-order valence-electron chi connectivity index (χ3n) is 3.37. The monoisotopic (exact) mass is 218 g/mol. The third kappa shape index (κ3) is 2.76. The lowest BCUT2D eigenvalue weighted by molar-refractivity contribution is 0.571. The summed E-state index contributed by atoms with van der Waals surface area (Å²) in [4.78, 5) is 2.25. The zero-order valence-electron chi connectivity index (χ0n) is 10.5. The van der Waals surface area contributed by atoms with Crippen LogP contribution in [0.1, 0.15) is 38.3 Å². The molecule has 1 aliphatic carbocycles. The van der Waals surface area contributed by atoms with Crippen LogP contribution in [0.5, 0.6) is 0 Å². The number of hydrogen-bond donors (Lipinski definition) is 1. The first kappa shape index (κ1) is 11.5. The Kier molecular flexibility index (Phi) is 3.49. The number of nitrogens with zero attached hydrogens (tertiary/aromatic N) is 1. The fourth-order valence-electron chi connectivity index (χ4n) is 1.90. The van der Waals surface area contributed by atoms with Gasteiger partial charge in [0.15, 0.2) is 0 Å². The van der Waals surface area contributed by atoms with E-state index in [0.29, 0.717) is 6.04 Å². The first-order valence-electron chi connectivity index (χ1n) is 6.28. The van der Waals surface area contributed by atoms with Gasteiger partial charge in [0, 0.05) is 31.4 Å². The summed E-state index contributed by atoms with van der Waals surface area (Å²) in [5.74, 6) is 0. The molecule has 1 aromatic carbocycles. The van der Waals surface area contributed by atoms with Gasteiger partial charge in [-0.1, -0.05) is 12.1 Å². The van der Waals surface area contributed by atoms with E-state index in [-0.39, 0.29) is 0 Å². The molecule has 1 aromatic rings. The Morgan fingerprint density at radius 2 is 1.94 bits per heavy atom. The van der Waals surface area contributed by atoms with Crippen molar-refractivity contribution in [3.63, 3.8) is 0 Å². The summed E-state index contributed by atoms with van der Waals surface area (Å²) in [7, 11) is 2.13. The molecule has 0 heterocycles. The molecule has 1 atom stereocenters. The SMILES string of the molecule is CCN(C)c1ccc(C(C)NC2CC2)cc1. The fraction of sp³-hybridized carbons (Fsp3) is 0.571. The maximum atomic E-state index is 3.62. The number of rotatable bonds is 5. The van der Waals surface area contributed by atoms with E-state index >= 15 is 0 Å². The van der Waals surface area contributed by atoms with Crippen molar-refractivity contribution in [2.75, 3.05) is 18.5 Å². The molecule has 16 heavy (non-hydrogen) atoms. The first-order valence-corrected chi connectivity index (χ1v) is 6.28. The molecule has 1 unspecified atom stereocenters. The predicted molar refractivity (Wildman–Crippen MR) is 70.0 cm³/mol. The summed E-state index contributed by atoms with van der Waals surface area (Å²) in [6.45, 7) is 5.47. The average Bonchev–Trinajstić information content (AvgIpc) is 3.12. The topological polar surface area (TPSA) is 15.3 Å². The van der Waals surface area contributed by atoms with Gasteiger partial charge in [-0.3, -0.25) is 0 Å². The van der Waals surface area contributed by atoms with Gasteiger partial charge < -0.3 is 10.2 Å². The molecule has 1 fully saturated rings. The van der Waals surface area contributed by atoms with Crippen molar-refractivity contribution in [2.24, 2.45) is 0 Å². The van der Waals surface area contributed by atoms with Crippen LogP contribution < -0.4 is 10.2 Å². The quantitative estimate of drug-likeness (QED) is 0.817. The van der Waals surface area contributed by atoms with Crippen LogP contribution in [0.4, 0.5) is 5.69 Å². The van der Waals surface area contributed by atoms with Crippen molar-refractivity contribution in [3.8, 4) is 0 Å². The van der Waals surface area contributed by atoms with E-state index in [0.717, 1.165) is 12.6 Å². The van der Waals surface area contributed by atoms with Gasteiger partial charge in [-0.15, -0.1) is 0 Å². The molecule has 2 nitrogen and oxygen atoms in total. The zero-order chi connectivity index (χ0) is 11.5. The van der Waals surface area contributed by atoms with Gasteiger partial charge in [0.2, 0.25) is 0 Å². The Hall–Kier alpha value is -1.02. The van der Waals surface area contributed by atoms with Crippen LogP contribution in [0, 0.1) is 0 Å². The van der Waals surface area contributed by atoms with Crippen LogP contribution >= 0.6 is 0 Å². The average molecular weight is 218 g/mol. The Morgan fingerprint density at radius 1 is 1.31 bits per heavy atom. The summed E-state index contributed by atoms with van der Waals surface area (Å²) < 4.78 is 0. The van der Waals surface area contributed by atoms with E-state index in [1.165, 1.54) is 24.1 Å². The van der Waals surface area contributed by atoms with Crippen molar-refractivity contribution >= 4 is 5.69 Å². The summed E-state index contributed by atoms with van der Waals surface area (Å²) in [5.41, 5.74) is 2.69. The van der Waals surface area contributed by atoms with Gasteiger partial charge in [0.05, 0.1) is 0 Å². The molecule has 0 saturated heterocycles. The zero-order valence-corrected chi connectivity index (χ0v) is 10.5. The van der Waals surface area contributed by atoms with Crippen molar-refractivity contribution in [2.45, 2.75) is 38.8 Å². The van der Waals surface area contributed by atoms with Crippen LogP contribution in [0.3, 0.4) is 0 Å². The summed E-state index contributed by atoms with van der Waals surface area (Å²) in [5, 5.41) is 3.62. The molecule has 1 aliphatic rings. The van der Waals surface area contributed by atoms with Crippen LogP contribution in [0.25, 0.3) is 0 Å². The lowest BCUT2D eigenvalue weighted by Gasteiger charge is -2.19. The Morgan fingerprint density at radius 3 is 2.44 bits per heavy atom. The Labute approximate surface area is 98.7 Å². The minimum absolute atomic E-state index is 0.480. The molecule has 0 bridgehead atoms. The van der Waals surface area contributed by atoms with E-state index in [2.05, 4.69) is 55.4 Å². The van der Waals surface area contributed by atoms with Gasteiger partial charge in [0.25, 0.3) is 0 Å². The van der Waals surface area contributed by atoms with Gasteiger partial charge in [-0.2, -0.15) is 0 Å². The second kappa shape index (κ2) is 4.88. The van der Waals surface area contributed by atoms with Gasteiger partial charge in [0.1, 0.15) is 0 Å². The predicted octanol–water partition coefficient (Wildman–Crippen LogP) is 2.96. The highest BCUT2D eigenvalue weighted by Crippen LogP contribution is 2.25. The van der Waals surface area contributed by atoms with Crippen molar-refractivity contribution in [1.29, 1.82) is 0 Å². The highest BCUT2D eigenvalue weighted by molar-refractivity contribution is 5.47. The van der Waals surface area contributed by atoms with Crippen LogP contribution in [0.15, 0.2) is 24.3 Å². The minimum atomic E-state index is 0.480. The van der Waals surface area contributed by atoms with Crippen LogP contribution in [0.2, 0.25) is 0 Å². The second-order valence-corrected chi connectivity index (χ2v) is 4.77. The van der Waals surface area contributed by atoms with E-state index in [1.807, 2.05) is 0 Å². The number of nitrogens with one attached hydrogen (secondary N) is 1. The smallest absolute Gasteiger partial charge is 0.0363 e. The lowest BCUT2D eigenvalue weighted by Crippen LogP contribution is -2.21. The van der Waals surface area contributed by atoms with Crippen molar-refractivity contribution in [3.05, 3.63) is 29.8 Å². The second-order valence-electron chi connectivity index (χ2n) is 4.77.